The number of phenols is 1. The fourth-order valence-corrected chi connectivity index (χ4v) is 3.38. The highest BCUT2D eigenvalue weighted by molar-refractivity contribution is 6.30. The number of hydrogen-bond acceptors (Lipinski definition) is 4. The standard InChI is InChI=1S/C18H21ClN2O3/c19-13-1-4-17(23)12(9-13)10-18(24)20-14-5-7-21(8-6-14)15-2-3-16(22)11-15/h1,4-7,9,15-16,22-23H,2-3,8,10-11H2,(H,20,24)/t15-,16+/m0/s1. The molecule has 0 saturated heterocycles. The summed E-state index contributed by atoms with van der Waals surface area (Å²) in [5.41, 5.74) is 1.25. The van der Waals surface area contributed by atoms with E-state index in [2.05, 4.69) is 10.2 Å². The van der Waals surface area contributed by atoms with Crippen LogP contribution in [0.2, 0.25) is 5.02 Å². The van der Waals surface area contributed by atoms with E-state index in [1.54, 1.807) is 12.1 Å². The van der Waals surface area contributed by atoms with Gasteiger partial charge in [-0.15, -0.1) is 0 Å². The van der Waals surface area contributed by atoms with Crippen LogP contribution in [-0.2, 0) is 11.2 Å². The number of nitrogens with zero attached hydrogens (tertiary/aromatic N) is 1. The van der Waals surface area contributed by atoms with Gasteiger partial charge in [0, 0.05) is 35.1 Å². The van der Waals surface area contributed by atoms with Crippen molar-refractivity contribution in [3.63, 3.8) is 0 Å². The van der Waals surface area contributed by atoms with E-state index in [-0.39, 0.29) is 24.2 Å². The van der Waals surface area contributed by atoms with Crippen LogP contribution in [0.25, 0.3) is 0 Å². The van der Waals surface area contributed by atoms with E-state index in [0.29, 0.717) is 23.2 Å². The first-order chi connectivity index (χ1) is 11.5. The molecule has 1 aromatic carbocycles. The van der Waals surface area contributed by atoms with Crippen LogP contribution in [0, 0.1) is 0 Å². The molecule has 128 valence electrons. The van der Waals surface area contributed by atoms with E-state index < -0.39 is 0 Å². The van der Waals surface area contributed by atoms with Crippen molar-refractivity contribution in [3.05, 3.63) is 52.8 Å². The van der Waals surface area contributed by atoms with E-state index in [9.17, 15) is 15.0 Å². The van der Waals surface area contributed by atoms with Gasteiger partial charge in [-0.25, -0.2) is 0 Å². The second-order valence-corrected chi connectivity index (χ2v) is 6.73. The minimum atomic E-state index is -0.201. The molecule has 2 atom stereocenters. The monoisotopic (exact) mass is 348 g/mol. The third-order valence-corrected chi connectivity index (χ3v) is 4.73. The number of aromatic hydroxyl groups is 1. The van der Waals surface area contributed by atoms with Crippen molar-refractivity contribution in [1.82, 2.24) is 10.2 Å². The van der Waals surface area contributed by atoms with Gasteiger partial charge in [0.15, 0.2) is 0 Å². The molecule has 1 aromatic rings. The highest BCUT2D eigenvalue weighted by atomic mass is 35.5. The largest absolute Gasteiger partial charge is 0.508 e. The summed E-state index contributed by atoms with van der Waals surface area (Å²) in [6, 6.07) is 5.03. The molecule has 1 fully saturated rings. The fraction of sp³-hybridized carbons (Fsp3) is 0.389. The summed E-state index contributed by atoms with van der Waals surface area (Å²) >= 11 is 5.89. The SMILES string of the molecule is O=C(Cc1cc(Cl)ccc1O)NC1=CCN([C@H]2CC[C@@H](O)C2)C=C1. The van der Waals surface area contributed by atoms with Crippen molar-refractivity contribution < 1.29 is 15.0 Å². The van der Waals surface area contributed by atoms with Gasteiger partial charge in [-0.1, -0.05) is 11.6 Å². The van der Waals surface area contributed by atoms with Crippen LogP contribution in [-0.4, -0.2) is 39.7 Å². The molecule has 0 aromatic heterocycles. The number of rotatable bonds is 4. The van der Waals surface area contributed by atoms with Crippen molar-refractivity contribution >= 4 is 17.5 Å². The second-order valence-electron chi connectivity index (χ2n) is 6.29. The molecule has 1 saturated carbocycles. The van der Waals surface area contributed by atoms with Gasteiger partial charge in [0.1, 0.15) is 5.75 Å². The van der Waals surface area contributed by atoms with Crippen LogP contribution in [0.4, 0.5) is 0 Å². The Morgan fingerprint density at radius 1 is 1.38 bits per heavy atom. The number of carbonyl (C=O) groups is 1. The Hall–Kier alpha value is -1.98. The first-order valence-corrected chi connectivity index (χ1v) is 8.48. The number of phenolic OH excluding ortho intramolecular Hbond substituents is 1. The van der Waals surface area contributed by atoms with Gasteiger partial charge in [0.2, 0.25) is 5.91 Å². The van der Waals surface area contributed by atoms with Crippen molar-refractivity contribution in [2.45, 2.75) is 37.8 Å². The average Bonchev–Trinajstić information content (AvgIpc) is 2.98. The van der Waals surface area contributed by atoms with Crippen LogP contribution in [0.5, 0.6) is 5.75 Å². The third-order valence-electron chi connectivity index (χ3n) is 4.49. The minimum absolute atomic E-state index is 0.0636. The van der Waals surface area contributed by atoms with E-state index in [0.717, 1.165) is 25.0 Å². The van der Waals surface area contributed by atoms with Gasteiger partial charge in [-0.3, -0.25) is 4.79 Å². The summed E-state index contributed by atoms with van der Waals surface area (Å²) in [5, 5.41) is 22.7. The molecule has 2 aliphatic rings. The first kappa shape index (κ1) is 16.9. The Balaban J connectivity index is 1.53. The molecule has 0 radical (unpaired) electrons. The topological polar surface area (TPSA) is 72.8 Å². The lowest BCUT2D eigenvalue weighted by atomic mass is 10.1. The lowest BCUT2D eigenvalue weighted by molar-refractivity contribution is -0.119. The molecule has 24 heavy (non-hydrogen) atoms. The minimum Gasteiger partial charge on any atom is -0.508 e. The zero-order valence-electron chi connectivity index (χ0n) is 13.3. The average molecular weight is 349 g/mol. The van der Waals surface area contributed by atoms with E-state index in [1.807, 2.05) is 18.4 Å². The summed E-state index contributed by atoms with van der Waals surface area (Å²) < 4.78 is 0. The molecular formula is C18H21ClN2O3. The molecule has 6 heteroatoms. The van der Waals surface area contributed by atoms with Gasteiger partial charge in [0.25, 0.3) is 0 Å². The Morgan fingerprint density at radius 2 is 2.21 bits per heavy atom. The zero-order chi connectivity index (χ0) is 17.1. The predicted molar refractivity (Wildman–Crippen MR) is 92.5 cm³/mol. The molecule has 1 aliphatic carbocycles. The summed E-state index contributed by atoms with van der Waals surface area (Å²) in [6.45, 7) is 0.714. The maximum Gasteiger partial charge on any atom is 0.228 e. The quantitative estimate of drug-likeness (QED) is 0.781. The molecule has 3 N–H and O–H groups in total. The second kappa shape index (κ2) is 7.28. The van der Waals surface area contributed by atoms with Crippen molar-refractivity contribution in [2.24, 2.45) is 0 Å². The van der Waals surface area contributed by atoms with Gasteiger partial charge >= 0.3 is 0 Å². The fourth-order valence-electron chi connectivity index (χ4n) is 3.18. The zero-order valence-corrected chi connectivity index (χ0v) is 14.0. The molecule has 1 aliphatic heterocycles. The summed E-state index contributed by atoms with van der Waals surface area (Å²) in [4.78, 5) is 14.3. The van der Waals surface area contributed by atoms with Crippen LogP contribution >= 0.6 is 11.6 Å². The molecule has 1 amide bonds. The van der Waals surface area contributed by atoms with Crippen molar-refractivity contribution in [2.75, 3.05) is 6.54 Å². The van der Waals surface area contributed by atoms with Crippen LogP contribution < -0.4 is 5.32 Å². The first-order valence-electron chi connectivity index (χ1n) is 8.10. The predicted octanol–water partition coefficient (Wildman–Crippen LogP) is 2.33. The molecule has 1 heterocycles. The summed E-state index contributed by atoms with van der Waals surface area (Å²) in [6.07, 6.45) is 8.31. The lowest BCUT2D eigenvalue weighted by Gasteiger charge is -2.29. The van der Waals surface area contributed by atoms with Crippen LogP contribution in [0.1, 0.15) is 24.8 Å². The number of aliphatic hydroxyl groups is 1. The van der Waals surface area contributed by atoms with Gasteiger partial charge < -0.3 is 20.4 Å². The number of nitrogens with one attached hydrogen (secondary N) is 1. The lowest BCUT2D eigenvalue weighted by Crippen LogP contribution is -2.33. The molecular weight excluding hydrogens is 328 g/mol. The van der Waals surface area contributed by atoms with Crippen LogP contribution in [0.15, 0.2) is 42.2 Å². The number of amides is 1. The van der Waals surface area contributed by atoms with Crippen molar-refractivity contribution in [1.29, 1.82) is 0 Å². The van der Waals surface area contributed by atoms with Crippen molar-refractivity contribution in [3.8, 4) is 5.75 Å². The normalized spacial score (nSPS) is 23.2. The maximum atomic E-state index is 12.1. The highest BCUT2D eigenvalue weighted by Gasteiger charge is 2.26. The van der Waals surface area contributed by atoms with Crippen LogP contribution in [0.3, 0.4) is 0 Å². The summed E-state index contributed by atoms with van der Waals surface area (Å²) in [5.74, 6) is -0.137. The highest BCUT2D eigenvalue weighted by Crippen LogP contribution is 2.26. The smallest absolute Gasteiger partial charge is 0.228 e. The number of allylic oxidation sites excluding steroid dienone is 1. The van der Waals surface area contributed by atoms with Gasteiger partial charge in [0.05, 0.1) is 12.5 Å². The molecule has 0 unspecified atom stereocenters. The Bertz CT molecular complexity index is 687. The number of carbonyl (C=O) groups excluding carboxylic acids is 1. The van der Waals surface area contributed by atoms with E-state index >= 15 is 0 Å². The van der Waals surface area contributed by atoms with Gasteiger partial charge in [-0.05, 0) is 49.6 Å². The number of benzene rings is 1. The third kappa shape index (κ3) is 4.10. The molecule has 0 bridgehead atoms. The van der Waals surface area contributed by atoms with E-state index in [4.69, 9.17) is 11.6 Å². The maximum absolute atomic E-state index is 12.1. The number of aliphatic hydroxyl groups excluding tert-OH is 1. The Kier molecular flexibility index (Phi) is 5.11. The molecule has 0 spiro atoms. The number of hydrogen-bond donors (Lipinski definition) is 3. The van der Waals surface area contributed by atoms with Gasteiger partial charge in [-0.2, -0.15) is 0 Å². The molecule has 5 nitrogen and oxygen atoms in total. The Morgan fingerprint density at radius 3 is 2.88 bits per heavy atom. The molecule has 3 rings (SSSR count). The summed E-state index contributed by atoms with van der Waals surface area (Å²) in [7, 11) is 0. The number of halogens is 1. The van der Waals surface area contributed by atoms with E-state index in [1.165, 1.54) is 6.07 Å². The Labute approximate surface area is 146 Å².